The van der Waals surface area contributed by atoms with Gasteiger partial charge in [-0.25, -0.2) is 0 Å². The third-order valence-electron chi connectivity index (χ3n) is 0. The van der Waals surface area contributed by atoms with Gasteiger partial charge in [0, 0.05) is 109 Å². The molecule has 0 heterocycles. The fourth-order valence-corrected chi connectivity index (χ4v) is 0. The summed E-state index contributed by atoms with van der Waals surface area (Å²) in [6, 6.07) is 0. The minimum atomic E-state index is 0. The Morgan fingerprint density at radius 1 is 1.00 bits per heavy atom. The predicted octanol–water partition coefficient (Wildman–Crippen LogP) is -0.649. The van der Waals surface area contributed by atoms with Crippen molar-refractivity contribution in [2.45, 2.75) is 0 Å². The predicted molar refractivity (Wildman–Crippen MR) is 21.9 cm³/mol. The molecule has 0 spiro atoms. The van der Waals surface area contributed by atoms with Crippen molar-refractivity contribution < 1.29 is 35.6 Å². The van der Waals surface area contributed by atoms with E-state index in [2.05, 4.69) is 0 Å². The first-order valence-corrected chi connectivity index (χ1v) is 0. The van der Waals surface area contributed by atoms with Crippen LogP contribution in [-0.4, -0.2) is 73.3 Å². The molecule has 0 saturated heterocycles. The Kier molecular flexibility index (Phi) is 97.2. The van der Waals surface area contributed by atoms with E-state index >= 15 is 0 Å². The molecule has 6 radical (unpaired) electrons. The summed E-state index contributed by atoms with van der Waals surface area (Å²) < 4.78 is 0. The van der Waals surface area contributed by atoms with Gasteiger partial charge >= 0.3 is 0 Å². The molecule has 0 aliphatic rings. The molecule has 18 valence electrons. The summed E-state index contributed by atoms with van der Waals surface area (Å²) in [7, 11) is 0. The van der Waals surface area contributed by atoms with Crippen molar-refractivity contribution in [3.8, 4) is 0 Å². The standard InChI is InChI=1S/Ba.La.H2S.Sb/h;;1H2;. The van der Waals surface area contributed by atoms with Crippen LogP contribution in [0.25, 0.3) is 0 Å². The van der Waals surface area contributed by atoms with Crippen LogP contribution in [0.1, 0.15) is 0 Å². The van der Waals surface area contributed by atoms with Crippen LogP contribution in [0.2, 0.25) is 0 Å². The van der Waals surface area contributed by atoms with E-state index in [-0.39, 0.29) is 122 Å². The van der Waals surface area contributed by atoms with Crippen molar-refractivity contribution in [3.05, 3.63) is 0 Å². The third kappa shape index (κ3) is 9.33. The second kappa shape index (κ2) is 15.8. The fraction of sp³-hybridized carbons (Fsp3) is 0. The minimum absolute atomic E-state index is 0. The molecule has 0 fully saturated rings. The maximum atomic E-state index is 0. The Balaban J connectivity index is 0. The normalized spacial score (nSPS) is 0. The zero-order valence-corrected chi connectivity index (χ0v) is 13.9. The van der Waals surface area contributed by atoms with E-state index in [1.54, 1.807) is 0 Å². The molecule has 0 aromatic carbocycles. The molecule has 0 atom stereocenters. The zero-order valence-electron chi connectivity index (χ0n) is 2.23. The van der Waals surface area contributed by atoms with Crippen LogP contribution in [0.4, 0.5) is 0 Å². The molecular formula is H2BaLaSSb. The first-order valence-electron chi connectivity index (χ1n) is 0. The second-order valence-electron chi connectivity index (χ2n) is 0. The summed E-state index contributed by atoms with van der Waals surface area (Å²) in [4.78, 5) is 0. The van der Waals surface area contributed by atoms with E-state index < -0.39 is 0 Å². The Bertz CT molecular complexity index is 8.00. The Morgan fingerprint density at radius 2 is 1.00 bits per heavy atom. The van der Waals surface area contributed by atoms with Gasteiger partial charge in [-0.05, 0) is 0 Å². The smallest absolute Gasteiger partial charge is 0 e. The summed E-state index contributed by atoms with van der Waals surface area (Å²) in [6.07, 6.45) is 0. The van der Waals surface area contributed by atoms with Gasteiger partial charge in [0.2, 0.25) is 0 Å². The topological polar surface area (TPSA) is 0 Å². The first kappa shape index (κ1) is 24.6. The molecule has 0 amide bonds. The Hall–Kier alpha value is 3.93. The van der Waals surface area contributed by atoms with Gasteiger partial charge < -0.3 is 0 Å². The van der Waals surface area contributed by atoms with Gasteiger partial charge in [-0.1, -0.05) is 0 Å². The van der Waals surface area contributed by atoms with E-state index in [0.29, 0.717) is 0 Å². The van der Waals surface area contributed by atoms with E-state index in [9.17, 15) is 0 Å². The molecule has 0 nitrogen and oxygen atoms in total. The van der Waals surface area contributed by atoms with Crippen molar-refractivity contribution in [2.75, 3.05) is 0 Å². The van der Waals surface area contributed by atoms with E-state index in [1.807, 2.05) is 0 Å². The molecule has 0 aliphatic carbocycles. The molecule has 0 bridgehead atoms. The average Bonchev–Trinajstić information content (AvgIpc) is 0. The van der Waals surface area contributed by atoms with Crippen LogP contribution in [0.5, 0.6) is 0 Å². The molecule has 0 aromatic heterocycles. The average molecular weight is 432 g/mol. The van der Waals surface area contributed by atoms with Gasteiger partial charge in [-0.15, -0.1) is 0 Å². The van der Waals surface area contributed by atoms with Gasteiger partial charge in [0.1, 0.15) is 0 Å². The molecule has 0 rings (SSSR count). The van der Waals surface area contributed by atoms with Crippen molar-refractivity contribution >= 4 is 86.8 Å². The number of hydrogen-bond acceptors (Lipinski definition) is 0. The van der Waals surface area contributed by atoms with Gasteiger partial charge in [-0.3, -0.25) is 0 Å². The summed E-state index contributed by atoms with van der Waals surface area (Å²) >= 11 is 0. The molecule has 0 unspecified atom stereocenters. The van der Waals surface area contributed by atoms with E-state index in [1.165, 1.54) is 0 Å². The Morgan fingerprint density at radius 3 is 1.00 bits per heavy atom. The van der Waals surface area contributed by atoms with E-state index in [4.69, 9.17) is 0 Å². The first-order chi connectivity index (χ1) is 0. The zero-order chi connectivity index (χ0) is 0. The molecule has 0 aromatic rings. The molecule has 0 saturated carbocycles. The van der Waals surface area contributed by atoms with Crippen molar-refractivity contribution in [1.29, 1.82) is 0 Å². The second-order valence-corrected chi connectivity index (χ2v) is 0. The van der Waals surface area contributed by atoms with Crippen molar-refractivity contribution in [1.82, 2.24) is 0 Å². The number of rotatable bonds is 0. The maximum absolute atomic E-state index is 0. The molecule has 4 heavy (non-hydrogen) atoms. The monoisotopic (exact) mass is 432 g/mol. The molecule has 4 heteroatoms. The largest absolute Gasteiger partial charge is 0.197 e. The van der Waals surface area contributed by atoms with Crippen LogP contribution in [0.15, 0.2) is 0 Å². The van der Waals surface area contributed by atoms with Gasteiger partial charge in [-0.2, -0.15) is 13.5 Å². The van der Waals surface area contributed by atoms with Gasteiger partial charge in [0.15, 0.2) is 0 Å². The van der Waals surface area contributed by atoms with Crippen LogP contribution >= 0.6 is 13.5 Å². The van der Waals surface area contributed by atoms with E-state index in [0.717, 1.165) is 0 Å². The SMILES string of the molecule is S.[Ba].[La].[Sb]. The molecular weight excluding hydrogens is 430 g/mol. The van der Waals surface area contributed by atoms with Crippen LogP contribution in [0.3, 0.4) is 0 Å². The van der Waals surface area contributed by atoms with Crippen LogP contribution in [0, 0.1) is 35.6 Å². The molecule has 0 N–H and O–H groups in total. The maximum Gasteiger partial charge on any atom is 0 e. The van der Waals surface area contributed by atoms with Crippen molar-refractivity contribution in [2.24, 2.45) is 0 Å². The van der Waals surface area contributed by atoms with Crippen LogP contribution in [-0.2, 0) is 0 Å². The van der Waals surface area contributed by atoms with Crippen molar-refractivity contribution in [3.63, 3.8) is 0 Å². The quantitative estimate of drug-likeness (QED) is 0.447. The summed E-state index contributed by atoms with van der Waals surface area (Å²) in [5.41, 5.74) is 0. The summed E-state index contributed by atoms with van der Waals surface area (Å²) in [6.45, 7) is 0. The van der Waals surface area contributed by atoms with Crippen LogP contribution < -0.4 is 0 Å². The molecule has 0 aliphatic heterocycles. The summed E-state index contributed by atoms with van der Waals surface area (Å²) in [5.74, 6) is 0. The van der Waals surface area contributed by atoms with Gasteiger partial charge in [0.05, 0.1) is 0 Å². The fourth-order valence-electron chi connectivity index (χ4n) is 0. The Labute approximate surface area is 119 Å². The summed E-state index contributed by atoms with van der Waals surface area (Å²) in [5, 5.41) is 0. The minimum Gasteiger partial charge on any atom is -0.197 e. The van der Waals surface area contributed by atoms with Gasteiger partial charge in [0.25, 0.3) is 0 Å². The third-order valence-corrected chi connectivity index (χ3v) is 0. The number of hydrogen-bond donors (Lipinski definition) is 0.